The first kappa shape index (κ1) is 26.3. The number of likely N-dealkylation sites (tertiary alicyclic amines) is 1. The number of amides is 1. The van der Waals surface area contributed by atoms with Crippen LogP contribution in [0.15, 0.2) is 36.5 Å². The molecule has 0 radical (unpaired) electrons. The first-order chi connectivity index (χ1) is 19.7. The molecule has 214 valence electrons. The number of nitrogens with zero attached hydrogens (tertiary/aromatic N) is 5. The molecule has 1 amide bonds. The fourth-order valence-electron chi connectivity index (χ4n) is 6.89. The third kappa shape index (κ3) is 4.26. The second kappa shape index (κ2) is 9.46. The summed E-state index contributed by atoms with van der Waals surface area (Å²) in [5.74, 6) is 0.663. The molecule has 2 saturated heterocycles. The Kier molecular flexibility index (Phi) is 6.06. The molecule has 9 nitrogen and oxygen atoms in total. The molecule has 2 spiro atoms. The van der Waals surface area contributed by atoms with Crippen LogP contribution in [-0.4, -0.2) is 73.1 Å². The molecular formula is C30H32ClFN6O3. The Morgan fingerprint density at radius 1 is 1.07 bits per heavy atom. The van der Waals surface area contributed by atoms with Crippen molar-refractivity contribution in [2.75, 3.05) is 57.6 Å². The van der Waals surface area contributed by atoms with E-state index in [0.29, 0.717) is 33.9 Å². The van der Waals surface area contributed by atoms with Gasteiger partial charge in [-0.2, -0.15) is 4.98 Å². The van der Waals surface area contributed by atoms with Crippen LogP contribution >= 0.6 is 11.6 Å². The van der Waals surface area contributed by atoms with Crippen molar-refractivity contribution < 1.29 is 18.7 Å². The van der Waals surface area contributed by atoms with Crippen LogP contribution in [0.5, 0.6) is 17.4 Å². The van der Waals surface area contributed by atoms with Crippen molar-refractivity contribution >= 4 is 34.8 Å². The number of nitrogens with one attached hydrogen (secondary N) is 1. The number of fused-ring (bicyclic) bond motifs is 2. The van der Waals surface area contributed by atoms with Gasteiger partial charge in [-0.05, 0) is 49.8 Å². The summed E-state index contributed by atoms with van der Waals surface area (Å²) in [5, 5.41) is 3.23. The summed E-state index contributed by atoms with van der Waals surface area (Å²) in [6, 6.07) is 8.71. The summed E-state index contributed by atoms with van der Waals surface area (Å²) < 4.78 is 27.2. The van der Waals surface area contributed by atoms with Gasteiger partial charge in [-0.1, -0.05) is 23.7 Å². The van der Waals surface area contributed by atoms with Crippen molar-refractivity contribution in [3.05, 3.63) is 58.5 Å². The lowest BCUT2D eigenvalue weighted by Crippen LogP contribution is -2.58. The van der Waals surface area contributed by atoms with Crippen molar-refractivity contribution in [2.24, 2.45) is 5.41 Å². The minimum absolute atomic E-state index is 0.0826. The highest BCUT2D eigenvalue weighted by Gasteiger charge is 2.57. The quantitative estimate of drug-likeness (QED) is 0.415. The molecule has 3 aliphatic heterocycles. The summed E-state index contributed by atoms with van der Waals surface area (Å²) >= 11 is 6.40. The molecule has 0 bridgehead atoms. The van der Waals surface area contributed by atoms with Crippen molar-refractivity contribution in [3.8, 4) is 17.4 Å². The van der Waals surface area contributed by atoms with Crippen molar-refractivity contribution in [2.45, 2.75) is 31.2 Å². The van der Waals surface area contributed by atoms with E-state index in [0.717, 1.165) is 57.4 Å². The number of benzene rings is 2. The predicted molar refractivity (Wildman–Crippen MR) is 154 cm³/mol. The molecule has 1 N–H and O–H groups in total. The fourth-order valence-corrected chi connectivity index (χ4v) is 7.02. The molecule has 41 heavy (non-hydrogen) atoms. The van der Waals surface area contributed by atoms with E-state index in [1.54, 1.807) is 24.1 Å². The molecule has 1 saturated carbocycles. The molecule has 3 aromatic rings. The van der Waals surface area contributed by atoms with Gasteiger partial charge in [0, 0.05) is 45.4 Å². The first-order valence-corrected chi connectivity index (χ1v) is 14.3. The van der Waals surface area contributed by atoms with Crippen LogP contribution in [0.25, 0.3) is 0 Å². The van der Waals surface area contributed by atoms with E-state index in [2.05, 4.69) is 32.1 Å². The summed E-state index contributed by atoms with van der Waals surface area (Å²) in [6.07, 6.45) is 5.37. The van der Waals surface area contributed by atoms with E-state index < -0.39 is 0 Å². The standard InChI is InChI=1S/C30H32ClFN6O3/c1-36-16-29(17-36)9-11-38(12-10-29)22-14-24(40-3)21(13-20(22)32)34-28-33-15-19(31)26(35-28)41-23-6-4-5-18-25(23)27(39)37(2)30(18)7-8-30/h4-6,13-15H,7-12,16-17H2,1-3H3,(H,33,34,35). The molecule has 1 aliphatic carbocycles. The number of halogens is 2. The van der Waals surface area contributed by atoms with Crippen LogP contribution in [0.4, 0.5) is 21.7 Å². The van der Waals surface area contributed by atoms with Gasteiger partial charge in [0.25, 0.3) is 5.91 Å². The van der Waals surface area contributed by atoms with Crippen molar-refractivity contribution in [1.82, 2.24) is 19.8 Å². The van der Waals surface area contributed by atoms with E-state index in [4.69, 9.17) is 21.1 Å². The summed E-state index contributed by atoms with van der Waals surface area (Å²) in [4.78, 5) is 28.0. The summed E-state index contributed by atoms with van der Waals surface area (Å²) in [7, 11) is 5.51. The van der Waals surface area contributed by atoms with Gasteiger partial charge in [0.15, 0.2) is 0 Å². The van der Waals surface area contributed by atoms with E-state index in [-0.39, 0.29) is 34.1 Å². The normalized spacial score (nSPS) is 20.3. The number of piperidine rings is 1. The topological polar surface area (TPSA) is 83.1 Å². The van der Waals surface area contributed by atoms with Crippen molar-refractivity contribution in [3.63, 3.8) is 0 Å². The highest BCUT2D eigenvalue weighted by atomic mass is 35.5. The molecule has 7 rings (SSSR count). The van der Waals surface area contributed by atoms with Crippen molar-refractivity contribution in [1.29, 1.82) is 0 Å². The highest BCUT2D eigenvalue weighted by molar-refractivity contribution is 6.31. The fraction of sp³-hybridized carbons (Fsp3) is 0.433. The number of methoxy groups -OCH3 is 1. The average Bonchev–Trinajstić information content (AvgIpc) is 3.72. The zero-order valence-electron chi connectivity index (χ0n) is 23.3. The number of rotatable bonds is 6. The Labute approximate surface area is 243 Å². The smallest absolute Gasteiger partial charge is 0.258 e. The molecule has 4 heterocycles. The van der Waals surface area contributed by atoms with Crippen LogP contribution in [-0.2, 0) is 5.54 Å². The predicted octanol–water partition coefficient (Wildman–Crippen LogP) is 5.42. The number of anilines is 3. The van der Waals surface area contributed by atoms with Crippen LogP contribution in [0.2, 0.25) is 5.02 Å². The highest BCUT2D eigenvalue weighted by Crippen LogP contribution is 2.57. The lowest BCUT2D eigenvalue weighted by molar-refractivity contribution is 0.00123. The number of hydrogen-bond acceptors (Lipinski definition) is 8. The Hall–Kier alpha value is -3.63. The minimum Gasteiger partial charge on any atom is -0.494 e. The van der Waals surface area contributed by atoms with Crippen LogP contribution in [0.3, 0.4) is 0 Å². The van der Waals surface area contributed by atoms with Gasteiger partial charge in [0.1, 0.15) is 22.3 Å². The lowest BCUT2D eigenvalue weighted by Gasteiger charge is -2.53. The Bertz CT molecular complexity index is 1550. The van der Waals surface area contributed by atoms with Gasteiger partial charge in [-0.3, -0.25) is 4.79 Å². The van der Waals surface area contributed by atoms with Gasteiger partial charge in [0.2, 0.25) is 11.8 Å². The Balaban J connectivity index is 1.12. The summed E-state index contributed by atoms with van der Waals surface area (Å²) in [5.41, 5.74) is 2.55. The molecule has 2 aromatic carbocycles. The van der Waals surface area contributed by atoms with Gasteiger partial charge in [-0.25, -0.2) is 9.37 Å². The number of hydrogen-bond donors (Lipinski definition) is 1. The van der Waals surface area contributed by atoms with E-state index in [1.807, 2.05) is 19.2 Å². The number of aromatic nitrogens is 2. The first-order valence-electron chi connectivity index (χ1n) is 13.9. The SMILES string of the molecule is COc1cc(N2CCC3(CC2)CN(C)C3)c(F)cc1Nc1ncc(Cl)c(Oc2cccc3c2C(=O)N(C)C32CC2)n1. The van der Waals surface area contributed by atoms with Crippen LogP contribution < -0.4 is 19.7 Å². The largest absolute Gasteiger partial charge is 0.494 e. The minimum atomic E-state index is -0.350. The molecule has 0 unspecified atom stereocenters. The molecule has 11 heteroatoms. The molecule has 3 fully saturated rings. The van der Waals surface area contributed by atoms with Gasteiger partial charge >= 0.3 is 0 Å². The second-order valence-corrected chi connectivity index (χ2v) is 12.2. The van der Waals surface area contributed by atoms with E-state index in [9.17, 15) is 4.79 Å². The molecule has 4 aliphatic rings. The number of carbonyl (C=O) groups excluding carboxylic acids is 1. The molecular weight excluding hydrogens is 547 g/mol. The third-order valence-electron chi connectivity index (χ3n) is 9.22. The molecule has 0 atom stereocenters. The third-order valence-corrected chi connectivity index (χ3v) is 9.48. The lowest BCUT2D eigenvalue weighted by atomic mass is 9.72. The van der Waals surface area contributed by atoms with Crippen LogP contribution in [0.1, 0.15) is 41.6 Å². The Morgan fingerprint density at radius 3 is 2.51 bits per heavy atom. The average molecular weight is 579 g/mol. The number of ether oxygens (including phenoxy) is 2. The van der Waals surface area contributed by atoms with Crippen LogP contribution in [0, 0.1) is 11.2 Å². The Morgan fingerprint density at radius 2 is 1.83 bits per heavy atom. The van der Waals surface area contributed by atoms with Gasteiger partial charge < -0.3 is 29.5 Å². The maximum Gasteiger partial charge on any atom is 0.258 e. The zero-order valence-corrected chi connectivity index (χ0v) is 24.1. The maximum atomic E-state index is 15.4. The second-order valence-electron chi connectivity index (χ2n) is 11.8. The monoisotopic (exact) mass is 578 g/mol. The zero-order chi connectivity index (χ0) is 28.5. The van der Waals surface area contributed by atoms with E-state index in [1.165, 1.54) is 12.3 Å². The van der Waals surface area contributed by atoms with Gasteiger partial charge in [-0.15, -0.1) is 0 Å². The maximum absolute atomic E-state index is 15.4. The number of carbonyl (C=O) groups is 1. The molecule has 1 aromatic heterocycles. The van der Waals surface area contributed by atoms with Gasteiger partial charge in [0.05, 0.1) is 35.8 Å². The summed E-state index contributed by atoms with van der Waals surface area (Å²) in [6.45, 7) is 3.85. The van der Waals surface area contributed by atoms with E-state index >= 15 is 4.39 Å².